The molecule has 1 saturated heterocycles. The van der Waals surface area contributed by atoms with Crippen molar-refractivity contribution in [2.24, 2.45) is 0 Å². The highest BCUT2D eigenvalue weighted by atomic mass is 79.9. The van der Waals surface area contributed by atoms with Crippen LogP contribution in [0.5, 0.6) is 5.75 Å². The topological polar surface area (TPSA) is 58.6 Å². The van der Waals surface area contributed by atoms with E-state index in [1.54, 1.807) is 18.9 Å². The van der Waals surface area contributed by atoms with Crippen LogP contribution in [0.2, 0.25) is 0 Å². The average Bonchev–Trinajstić information content (AvgIpc) is 2.44. The Kier molecular flexibility index (Phi) is 4.56. The smallest absolute Gasteiger partial charge is 0.248 e. The van der Waals surface area contributed by atoms with Gasteiger partial charge >= 0.3 is 0 Å². The zero-order valence-electron chi connectivity index (χ0n) is 12.4. The molecular formula is C15H19BrN2O3. The summed E-state index contributed by atoms with van der Waals surface area (Å²) in [6.45, 7) is 4.08. The largest absolute Gasteiger partial charge is 0.496 e. The number of ether oxygens (including phenoxy) is 1. The van der Waals surface area contributed by atoms with Crippen LogP contribution in [0.25, 0.3) is 0 Å². The maximum absolute atomic E-state index is 12.6. The van der Waals surface area contributed by atoms with Crippen LogP contribution in [-0.4, -0.2) is 35.9 Å². The molecule has 1 heterocycles. The third kappa shape index (κ3) is 3.20. The van der Waals surface area contributed by atoms with Gasteiger partial charge in [0.2, 0.25) is 11.8 Å². The van der Waals surface area contributed by atoms with Gasteiger partial charge in [-0.05, 0) is 31.5 Å². The maximum atomic E-state index is 12.6. The first-order valence-corrected chi connectivity index (χ1v) is 7.61. The lowest BCUT2D eigenvalue weighted by Crippen LogP contribution is -2.64. The van der Waals surface area contributed by atoms with Crippen LogP contribution >= 0.6 is 15.9 Å². The predicted molar refractivity (Wildman–Crippen MR) is 82.9 cm³/mol. The minimum Gasteiger partial charge on any atom is -0.496 e. The molecule has 1 N–H and O–H groups in total. The van der Waals surface area contributed by atoms with Crippen LogP contribution in [0.15, 0.2) is 22.7 Å². The Hall–Kier alpha value is -1.56. The molecule has 1 aromatic rings. The highest BCUT2D eigenvalue weighted by Crippen LogP contribution is 2.26. The van der Waals surface area contributed by atoms with Crippen LogP contribution in [0.4, 0.5) is 0 Å². The molecule has 1 atom stereocenters. The molecule has 1 aliphatic rings. The van der Waals surface area contributed by atoms with Crippen LogP contribution in [-0.2, 0) is 16.1 Å². The van der Waals surface area contributed by atoms with Crippen LogP contribution in [0.1, 0.15) is 25.8 Å². The molecule has 5 nitrogen and oxygen atoms in total. The van der Waals surface area contributed by atoms with Gasteiger partial charge in [0.05, 0.1) is 13.7 Å². The Bertz CT molecular complexity index is 576. The van der Waals surface area contributed by atoms with Crippen molar-refractivity contribution in [2.75, 3.05) is 13.7 Å². The fourth-order valence-corrected chi connectivity index (χ4v) is 2.85. The Balaban J connectivity index is 2.28. The van der Waals surface area contributed by atoms with Crippen molar-refractivity contribution in [3.05, 3.63) is 28.2 Å². The third-order valence-electron chi connectivity index (χ3n) is 3.82. The second-order valence-electron chi connectivity index (χ2n) is 5.35. The number of methoxy groups -OCH3 is 1. The minimum atomic E-state index is -0.825. The Labute approximate surface area is 132 Å². The number of carbonyl (C=O) groups excluding carboxylic acids is 2. The Morgan fingerprint density at radius 3 is 2.76 bits per heavy atom. The molecule has 21 heavy (non-hydrogen) atoms. The van der Waals surface area contributed by atoms with E-state index >= 15 is 0 Å². The summed E-state index contributed by atoms with van der Waals surface area (Å²) in [6.07, 6.45) is 0.559. The van der Waals surface area contributed by atoms with Crippen molar-refractivity contribution >= 4 is 27.7 Å². The van der Waals surface area contributed by atoms with Gasteiger partial charge in [-0.15, -0.1) is 0 Å². The summed E-state index contributed by atoms with van der Waals surface area (Å²) >= 11 is 3.42. The second-order valence-corrected chi connectivity index (χ2v) is 6.27. The number of amides is 2. The van der Waals surface area contributed by atoms with Crippen molar-refractivity contribution in [2.45, 2.75) is 32.4 Å². The van der Waals surface area contributed by atoms with Crippen molar-refractivity contribution in [1.29, 1.82) is 0 Å². The van der Waals surface area contributed by atoms with E-state index in [4.69, 9.17) is 4.74 Å². The normalized spacial score (nSPS) is 22.2. The summed E-state index contributed by atoms with van der Waals surface area (Å²) in [5.74, 6) is 0.509. The van der Waals surface area contributed by atoms with Gasteiger partial charge in [0, 0.05) is 16.6 Å². The summed E-state index contributed by atoms with van der Waals surface area (Å²) in [4.78, 5) is 26.0. The molecule has 2 amide bonds. The Morgan fingerprint density at radius 1 is 1.43 bits per heavy atom. The summed E-state index contributed by atoms with van der Waals surface area (Å²) in [5.41, 5.74) is 0.0440. The molecule has 0 bridgehead atoms. The van der Waals surface area contributed by atoms with Gasteiger partial charge < -0.3 is 15.0 Å². The molecular weight excluding hydrogens is 336 g/mol. The van der Waals surface area contributed by atoms with E-state index in [1.165, 1.54) is 0 Å². The lowest BCUT2D eigenvalue weighted by atomic mass is 9.94. The number of hydrogen-bond donors (Lipinski definition) is 1. The van der Waals surface area contributed by atoms with E-state index in [1.807, 2.05) is 25.1 Å². The Morgan fingerprint density at radius 2 is 2.14 bits per heavy atom. The van der Waals surface area contributed by atoms with Gasteiger partial charge in [0.25, 0.3) is 0 Å². The van der Waals surface area contributed by atoms with Crippen molar-refractivity contribution in [3.63, 3.8) is 0 Å². The average molecular weight is 355 g/mol. The highest BCUT2D eigenvalue weighted by molar-refractivity contribution is 9.10. The van der Waals surface area contributed by atoms with E-state index < -0.39 is 5.54 Å². The third-order valence-corrected chi connectivity index (χ3v) is 4.31. The summed E-state index contributed by atoms with van der Waals surface area (Å²) in [7, 11) is 1.59. The monoisotopic (exact) mass is 354 g/mol. The number of piperazine rings is 1. The van der Waals surface area contributed by atoms with E-state index in [0.717, 1.165) is 10.0 Å². The zero-order valence-corrected chi connectivity index (χ0v) is 14.0. The number of rotatable bonds is 4. The fourth-order valence-electron chi connectivity index (χ4n) is 2.44. The van der Waals surface area contributed by atoms with E-state index in [-0.39, 0.29) is 18.4 Å². The van der Waals surface area contributed by atoms with Crippen LogP contribution < -0.4 is 10.1 Å². The summed E-state index contributed by atoms with van der Waals surface area (Å²) < 4.78 is 6.23. The van der Waals surface area contributed by atoms with E-state index in [2.05, 4.69) is 21.2 Å². The number of nitrogens with zero attached hydrogens (tertiary/aromatic N) is 1. The second kappa shape index (κ2) is 6.05. The molecule has 1 unspecified atom stereocenters. The zero-order chi connectivity index (χ0) is 15.6. The molecule has 1 aliphatic heterocycles. The molecule has 0 saturated carbocycles. The molecule has 114 valence electrons. The SMILES string of the molecule is CCC1(C)NC(=O)CN(Cc2cc(Br)ccc2OC)C1=O. The van der Waals surface area contributed by atoms with Crippen molar-refractivity contribution in [1.82, 2.24) is 10.2 Å². The first-order chi connectivity index (χ1) is 9.89. The van der Waals surface area contributed by atoms with Gasteiger partial charge in [-0.25, -0.2) is 0 Å². The van der Waals surface area contributed by atoms with Gasteiger partial charge in [0.1, 0.15) is 11.3 Å². The van der Waals surface area contributed by atoms with Gasteiger partial charge in [0.15, 0.2) is 0 Å². The van der Waals surface area contributed by atoms with Crippen molar-refractivity contribution < 1.29 is 14.3 Å². The van der Waals surface area contributed by atoms with E-state index in [9.17, 15) is 9.59 Å². The van der Waals surface area contributed by atoms with Gasteiger partial charge in [-0.3, -0.25) is 9.59 Å². The molecule has 0 aromatic heterocycles. The standard InChI is InChI=1S/C15H19BrN2O3/c1-4-15(2)14(20)18(9-13(19)17-15)8-10-7-11(16)5-6-12(10)21-3/h5-7H,4,8-9H2,1-3H3,(H,17,19). The lowest BCUT2D eigenvalue weighted by Gasteiger charge is -2.39. The number of carbonyl (C=O) groups is 2. The lowest BCUT2D eigenvalue weighted by molar-refractivity contribution is -0.149. The van der Waals surface area contributed by atoms with Gasteiger partial charge in [-0.2, -0.15) is 0 Å². The van der Waals surface area contributed by atoms with Crippen LogP contribution in [0, 0.1) is 0 Å². The maximum Gasteiger partial charge on any atom is 0.248 e. The number of hydrogen-bond acceptors (Lipinski definition) is 3. The number of nitrogens with one attached hydrogen (secondary N) is 1. The highest BCUT2D eigenvalue weighted by Gasteiger charge is 2.41. The first kappa shape index (κ1) is 15.8. The molecule has 2 rings (SSSR count). The van der Waals surface area contributed by atoms with E-state index in [0.29, 0.717) is 18.7 Å². The van der Waals surface area contributed by atoms with Crippen LogP contribution in [0.3, 0.4) is 0 Å². The minimum absolute atomic E-state index is 0.0633. The number of benzene rings is 1. The molecule has 1 aromatic carbocycles. The fraction of sp³-hybridized carbons (Fsp3) is 0.467. The molecule has 1 fully saturated rings. The van der Waals surface area contributed by atoms with Crippen molar-refractivity contribution in [3.8, 4) is 5.75 Å². The predicted octanol–water partition coefficient (Wildman–Crippen LogP) is 2.08. The summed E-state index contributed by atoms with van der Waals surface area (Å²) in [6, 6.07) is 5.62. The molecule has 0 radical (unpaired) electrons. The summed E-state index contributed by atoms with van der Waals surface area (Å²) in [5, 5.41) is 2.78. The first-order valence-electron chi connectivity index (χ1n) is 6.82. The number of halogens is 1. The molecule has 0 spiro atoms. The quantitative estimate of drug-likeness (QED) is 0.900. The molecule has 0 aliphatic carbocycles. The van der Waals surface area contributed by atoms with Gasteiger partial charge in [-0.1, -0.05) is 22.9 Å². The molecule has 6 heteroatoms.